The maximum Gasteiger partial charge on any atom is 0.146 e. The van der Waals surface area contributed by atoms with E-state index in [-0.39, 0.29) is 0 Å². The number of aromatic nitrogens is 3. The summed E-state index contributed by atoms with van der Waals surface area (Å²) in [5.74, 6) is 1.52. The first-order valence-corrected chi connectivity index (χ1v) is 6.47. The standard InChI is InChI=1S/C14H17N5O/c1-3-6-19-14(17-10-18-19)9-16-12-5-4-11(8-15)7-13(12)20-2/h4-5,7,10,16H,3,6,9H2,1-2H3. The Morgan fingerprint density at radius 3 is 3.00 bits per heavy atom. The zero-order valence-electron chi connectivity index (χ0n) is 11.6. The summed E-state index contributed by atoms with van der Waals surface area (Å²) in [5, 5.41) is 16.3. The fourth-order valence-corrected chi connectivity index (χ4v) is 1.90. The van der Waals surface area contributed by atoms with E-state index in [1.165, 1.54) is 0 Å². The van der Waals surface area contributed by atoms with Crippen LogP contribution in [-0.2, 0) is 13.1 Å². The van der Waals surface area contributed by atoms with Crippen molar-refractivity contribution < 1.29 is 4.74 Å². The molecular weight excluding hydrogens is 254 g/mol. The van der Waals surface area contributed by atoms with Gasteiger partial charge in [0.15, 0.2) is 0 Å². The van der Waals surface area contributed by atoms with Gasteiger partial charge in [0.1, 0.15) is 17.9 Å². The van der Waals surface area contributed by atoms with E-state index < -0.39 is 0 Å². The molecular formula is C14H17N5O. The second-order valence-electron chi connectivity index (χ2n) is 4.28. The van der Waals surface area contributed by atoms with Gasteiger partial charge in [0, 0.05) is 12.6 Å². The highest BCUT2D eigenvalue weighted by atomic mass is 16.5. The van der Waals surface area contributed by atoms with E-state index in [0.717, 1.165) is 24.5 Å². The molecule has 0 atom stereocenters. The number of hydrogen-bond acceptors (Lipinski definition) is 5. The van der Waals surface area contributed by atoms with Gasteiger partial charge in [-0.1, -0.05) is 6.92 Å². The minimum atomic E-state index is 0.558. The third kappa shape index (κ3) is 3.06. The molecule has 20 heavy (non-hydrogen) atoms. The number of nitriles is 1. The van der Waals surface area contributed by atoms with Gasteiger partial charge < -0.3 is 10.1 Å². The van der Waals surface area contributed by atoms with Crippen molar-refractivity contribution in [2.75, 3.05) is 12.4 Å². The first-order chi connectivity index (χ1) is 9.78. The molecule has 0 unspecified atom stereocenters. The summed E-state index contributed by atoms with van der Waals surface area (Å²) in [5.41, 5.74) is 1.40. The highest BCUT2D eigenvalue weighted by Gasteiger charge is 2.07. The predicted molar refractivity (Wildman–Crippen MR) is 75.3 cm³/mol. The summed E-state index contributed by atoms with van der Waals surface area (Å²) < 4.78 is 7.16. The van der Waals surface area contributed by atoms with Crippen molar-refractivity contribution in [3.05, 3.63) is 35.9 Å². The minimum Gasteiger partial charge on any atom is -0.495 e. The molecule has 0 radical (unpaired) electrons. The van der Waals surface area contributed by atoms with E-state index in [2.05, 4.69) is 28.4 Å². The molecule has 6 heteroatoms. The van der Waals surface area contributed by atoms with Gasteiger partial charge >= 0.3 is 0 Å². The lowest BCUT2D eigenvalue weighted by molar-refractivity contribution is 0.416. The van der Waals surface area contributed by atoms with Gasteiger partial charge in [-0.15, -0.1) is 0 Å². The molecule has 1 heterocycles. The van der Waals surface area contributed by atoms with Gasteiger partial charge in [0.05, 0.1) is 31.0 Å². The van der Waals surface area contributed by atoms with Crippen LogP contribution in [0.3, 0.4) is 0 Å². The Kier molecular flexibility index (Phi) is 4.56. The number of benzene rings is 1. The summed E-state index contributed by atoms with van der Waals surface area (Å²) in [4.78, 5) is 4.24. The molecule has 0 aliphatic rings. The van der Waals surface area contributed by atoms with Crippen LogP contribution < -0.4 is 10.1 Å². The Labute approximate surface area is 118 Å². The lowest BCUT2D eigenvalue weighted by atomic mass is 10.2. The summed E-state index contributed by atoms with van der Waals surface area (Å²) >= 11 is 0. The molecule has 1 aromatic carbocycles. The van der Waals surface area contributed by atoms with Crippen molar-refractivity contribution in [2.24, 2.45) is 0 Å². The molecule has 0 spiro atoms. The monoisotopic (exact) mass is 271 g/mol. The van der Waals surface area contributed by atoms with Crippen LogP contribution in [0.2, 0.25) is 0 Å². The van der Waals surface area contributed by atoms with Gasteiger partial charge in [0.2, 0.25) is 0 Å². The third-order valence-electron chi connectivity index (χ3n) is 2.90. The Morgan fingerprint density at radius 2 is 2.30 bits per heavy atom. The van der Waals surface area contributed by atoms with E-state index in [9.17, 15) is 0 Å². The van der Waals surface area contributed by atoms with Gasteiger partial charge in [-0.25, -0.2) is 9.67 Å². The van der Waals surface area contributed by atoms with Crippen molar-refractivity contribution in [3.63, 3.8) is 0 Å². The second kappa shape index (κ2) is 6.57. The number of rotatable bonds is 6. The summed E-state index contributed by atoms with van der Waals surface area (Å²) in [6.45, 7) is 3.51. The normalized spacial score (nSPS) is 10.1. The highest BCUT2D eigenvalue weighted by molar-refractivity contribution is 5.59. The van der Waals surface area contributed by atoms with Crippen molar-refractivity contribution in [3.8, 4) is 11.8 Å². The fraction of sp³-hybridized carbons (Fsp3) is 0.357. The van der Waals surface area contributed by atoms with Gasteiger partial charge in [-0.05, 0) is 18.6 Å². The van der Waals surface area contributed by atoms with Crippen LogP contribution >= 0.6 is 0 Å². The minimum absolute atomic E-state index is 0.558. The Hall–Kier alpha value is -2.55. The number of nitrogens with zero attached hydrogens (tertiary/aromatic N) is 4. The zero-order chi connectivity index (χ0) is 14.4. The van der Waals surface area contributed by atoms with Crippen LogP contribution in [0.1, 0.15) is 24.7 Å². The van der Waals surface area contributed by atoms with Crippen molar-refractivity contribution in [1.82, 2.24) is 14.8 Å². The van der Waals surface area contributed by atoms with Crippen LogP contribution in [0, 0.1) is 11.3 Å². The molecule has 0 bridgehead atoms. The first kappa shape index (κ1) is 13.9. The molecule has 2 aromatic rings. The number of nitrogens with one attached hydrogen (secondary N) is 1. The van der Waals surface area contributed by atoms with Gasteiger partial charge in [0.25, 0.3) is 0 Å². The lowest BCUT2D eigenvalue weighted by Gasteiger charge is -2.11. The molecule has 0 fully saturated rings. The topological polar surface area (TPSA) is 75.8 Å². The number of hydrogen-bond donors (Lipinski definition) is 1. The number of anilines is 1. The molecule has 6 nitrogen and oxygen atoms in total. The van der Waals surface area contributed by atoms with Crippen LogP contribution in [0.25, 0.3) is 0 Å². The SMILES string of the molecule is CCCn1ncnc1CNc1ccc(C#N)cc1OC. The highest BCUT2D eigenvalue weighted by Crippen LogP contribution is 2.25. The van der Waals surface area contributed by atoms with Crippen molar-refractivity contribution >= 4 is 5.69 Å². The molecule has 104 valence electrons. The van der Waals surface area contributed by atoms with Gasteiger partial charge in [-0.2, -0.15) is 10.4 Å². The van der Waals surface area contributed by atoms with Crippen LogP contribution in [0.4, 0.5) is 5.69 Å². The molecule has 1 N–H and O–H groups in total. The summed E-state index contributed by atoms with van der Waals surface area (Å²) in [7, 11) is 1.58. The predicted octanol–water partition coefficient (Wildman–Crippen LogP) is 2.18. The van der Waals surface area contributed by atoms with Gasteiger partial charge in [-0.3, -0.25) is 0 Å². The van der Waals surface area contributed by atoms with E-state index in [1.54, 1.807) is 25.6 Å². The molecule has 2 rings (SSSR count). The number of methoxy groups -OCH3 is 1. The maximum absolute atomic E-state index is 8.88. The lowest BCUT2D eigenvalue weighted by Crippen LogP contribution is -2.10. The quantitative estimate of drug-likeness (QED) is 0.871. The molecule has 0 saturated carbocycles. The van der Waals surface area contributed by atoms with Crippen LogP contribution in [0.5, 0.6) is 5.75 Å². The number of ether oxygens (including phenoxy) is 1. The molecule has 1 aromatic heterocycles. The van der Waals surface area contributed by atoms with Crippen LogP contribution in [-0.4, -0.2) is 21.9 Å². The van der Waals surface area contributed by atoms with E-state index in [0.29, 0.717) is 17.9 Å². The maximum atomic E-state index is 8.88. The third-order valence-corrected chi connectivity index (χ3v) is 2.90. The van der Waals surface area contributed by atoms with E-state index in [4.69, 9.17) is 10.00 Å². The van der Waals surface area contributed by atoms with Crippen LogP contribution in [0.15, 0.2) is 24.5 Å². The smallest absolute Gasteiger partial charge is 0.146 e. The summed E-state index contributed by atoms with van der Waals surface area (Å²) in [6, 6.07) is 7.38. The fourth-order valence-electron chi connectivity index (χ4n) is 1.90. The number of aryl methyl sites for hydroxylation is 1. The largest absolute Gasteiger partial charge is 0.495 e. The second-order valence-corrected chi connectivity index (χ2v) is 4.28. The van der Waals surface area contributed by atoms with E-state index in [1.807, 2.05) is 10.7 Å². The molecule has 0 aliphatic carbocycles. The average Bonchev–Trinajstić information content (AvgIpc) is 2.92. The Morgan fingerprint density at radius 1 is 1.45 bits per heavy atom. The first-order valence-electron chi connectivity index (χ1n) is 6.47. The van der Waals surface area contributed by atoms with Crippen molar-refractivity contribution in [2.45, 2.75) is 26.4 Å². The van der Waals surface area contributed by atoms with E-state index >= 15 is 0 Å². The van der Waals surface area contributed by atoms with Crippen molar-refractivity contribution in [1.29, 1.82) is 5.26 Å². The molecule has 0 aliphatic heterocycles. The summed E-state index contributed by atoms with van der Waals surface area (Å²) in [6.07, 6.45) is 2.57. The Bertz CT molecular complexity index is 614. The Balaban J connectivity index is 2.10. The zero-order valence-corrected chi connectivity index (χ0v) is 11.6. The average molecular weight is 271 g/mol. The molecule has 0 amide bonds. The molecule has 0 saturated heterocycles.